The van der Waals surface area contributed by atoms with Crippen molar-refractivity contribution in [1.29, 1.82) is 0 Å². The van der Waals surface area contributed by atoms with Gasteiger partial charge in [0.2, 0.25) is 0 Å². The number of rotatable bonds is 5. The van der Waals surface area contributed by atoms with Crippen molar-refractivity contribution in [1.82, 2.24) is 4.57 Å². The second-order valence-corrected chi connectivity index (χ2v) is 18.7. The van der Waals surface area contributed by atoms with Gasteiger partial charge in [-0.3, -0.25) is 0 Å². The van der Waals surface area contributed by atoms with Crippen molar-refractivity contribution in [3.05, 3.63) is 234 Å². The van der Waals surface area contributed by atoms with Gasteiger partial charge in [-0.2, -0.15) is 0 Å². The maximum absolute atomic E-state index is 2.46. The molecule has 0 saturated heterocycles. The van der Waals surface area contributed by atoms with Crippen molar-refractivity contribution < 1.29 is 0 Å². The number of fused-ring (bicyclic) bond motifs is 7. The minimum absolute atomic E-state index is 0.115. The third-order valence-electron chi connectivity index (χ3n) is 14.3. The van der Waals surface area contributed by atoms with Crippen LogP contribution in [0.2, 0.25) is 0 Å². The van der Waals surface area contributed by atoms with Gasteiger partial charge in [0.25, 0.3) is 0 Å². The predicted molar refractivity (Wildman–Crippen MR) is 270 cm³/mol. The van der Waals surface area contributed by atoms with Crippen LogP contribution in [-0.2, 0) is 10.8 Å². The number of aryl methyl sites for hydroxylation is 1. The van der Waals surface area contributed by atoms with Crippen LogP contribution in [0, 0.1) is 6.92 Å². The largest absolute Gasteiger partial charge is 0.310 e. The summed E-state index contributed by atoms with van der Waals surface area (Å²) in [7, 11) is 0. The third-order valence-corrected chi connectivity index (χ3v) is 14.3. The Morgan fingerprint density at radius 3 is 1.34 bits per heavy atom. The smallest absolute Gasteiger partial charge is 0.0541 e. The molecular formula is C61H49N3. The first-order chi connectivity index (χ1) is 31.2. The molecule has 64 heavy (non-hydrogen) atoms. The topological polar surface area (TPSA) is 11.4 Å². The Hall–Kier alpha value is -7.62. The zero-order valence-corrected chi connectivity index (χ0v) is 37.0. The molecule has 0 unspecified atom stereocenters. The number of hydrogen-bond donors (Lipinski definition) is 0. The number of para-hydroxylation sites is 5. The number of anilines is 6. The van der Waals surface area contributed by atoms with Crippen molar-refractivity contribution in [2.24, 2.45) is 0 Å². The number of nitrogens with zero attached hydrogens (tertiary/aromatic N) is 3. The first-order valence-corrected chi connectivity index (χ1v) is 22.5. The van der Waals surface area contributed by atoms with Crippen LogP contribution in [0.1, 0.15) is 55.5 Å². The fraction of sp³-hybridized carbons (Fsp3) is 0.115. The maximum Gasteiger partial charge on any atom is 0.0541 e. The summed E-state index contributed by atoms with van der Waals surface area (Å²) in [6.45, 7) is 11.7. The van der Waals surface area contributed by atoms with Crippen LogP contribution in [0.3, 0.4) is 0 Å². The lowest BCUT2D eigenvalue weighted by molar-refractivity contribution is 0.632. The van der Waals surface area contributed by atoms with Crippen LogP contribution in [0.25, 0.3) is 49.7 Å². The summed E-state index contributed by atoms with van der Waals surface area (Å²) in [4.78, 5) is 4.91. The van der Waals surface area contributed by atoms with Gasteiger partial charge in [-0.1, -0.05) is 149 Å². The van der Waals surface area contributed by atoms with E-state index < -0.39 is 0 Å². The molecule has 0 aliphatic carbocycles. The monoisotopic (exact) mass is 823 g/mol. The molecule has 0 spiro atoms. The molecule has 0 saturated carbocycles. The highest BCUT2D eigenvalue weighted by molar-refractivity contribution is 6.12. The zero-order chi connectivity index (χ0) is 43.3. The Labute approximate surface area is 376 Å². The molecule has 10 aromatic rings. The minimum Gasteiger partial charge on any atom is -0.310 e. The van der Waals surface area contributed by atoms with Crippen LogP contribution in [-0.4, -0.2) is 4.57 Å². The van der Waals surface area contributed by atoms with E-state index in [4.69, 9.17) is 0 Å². The molecule has 0 atom stereocenters. The van der Waals surface area contributed by atoms with E-state index in [1.54, 1.807) is 0 Å². The minimum atomic E-state index is -0.161. The summed E-state index contributed by atoms with van der Waals surface area (Å²) >= 11 is 0. The maximum atomic E-state index is 2.46. The third kappa shape index (κ3) is 5.67. The molecule has 1 aromatic heterocycles. The molecule has 12 rings (SSSR count). The van der Waals surface area contributed by atoms with E-state index in [-0.39, 0.29) is 10.8 Å². The van der Waals surface area contributed by atoms with Crippen molar-refractivity contribution in [2.75, 3.05) is 9.80 Å². The molecule has 0 amide bonds. The number of aromatic nitrogens is 1. The van der Waals surface area contributed by atoms with Crippen LogP contribution in [0.5, 0.6) is 0 Å². The lowest BCUT2D eigenvalue weighted by Gasteiger charge is -2.42. The quantitative estimate of drug-likeness (QED) is 0.171. The fourth-order valence-corrected chi connectivity index (χ4v) is 11.0. The van der Waals surface area contributed by atoms with Gasteiger partial charge >= 0.3 is 0 Å². The second kappa shape index (κ2) is 14.2. The Balaban J connectivity index is 1.03. The van der Waals surface area contributed by atoms with Gasteiger partial charge in [0.1, 0.15) is 0 Å². The van der Waals surface area contributed by atoms with Gasteiger partial charge in [-0.15, -0.1) is 0 Å². The molecule has 3 nitrogen and oxygen atoms in total. The average Bonchev–Trinajstić information content (AvgIpc) is 3.66. The van der Waals surface area contributed by atoms with E-state index >= 15 is 0 Å². The van der Waals surface area contributed by atoms with E-state index in [9.17, 15) is 0 Å². The zero-order valence-electron chi connectivity index (χ0n) is 37.0. The lowest BCUT2D eigenvalue weighted by atomic mass is 9.73. The molecule has 308 valence electrons. The summed E-state index contributed by atoms with van der Waals surface area (Å²) in [6.07, 6.45) is 0. The van der Waals surface area contributed by atoms with Gasteiger partial charge in [-0.25, -0.2) is 0 Å². The van der Waals surface area contributed by atoms with E-state index in [0.717, 1.165) is 17.1 Å². The van der Waals surface area contributed by atoms with Gasteiger partial charge < -0.3 is 14.4 Å². The van der Waals surface area contributed by atoms with E-state index in [1.165, 1.54) is 94.6 Å². The first kappa shape index (κ1) is 38.1. The van der Waals surface area contributed by atoms with Crippen LogP contribution < -0.4 is 9.80 Å². The van der Waals surface area contributed by atoms with Crippen molar-refractivity contribution >= 4 is 55.9 Å². The number of benzene rings is 9. The summed E-state index contributed by atoms with van der Waals surface area (Å²) in [6, 6.07) is 76.5. The lowest BCUT2D eigenvalue weighted by Crippen LogP contribution is -2.30. The van der Waals surface area contributed by atoms with Gasteiger partial charge in [0, 0.05) is 38.7 Å². The molecule has 3 heteroatoms. The Kier molecular flexibility index (Phi) is 8.45. The molecule has 0 fully saturated rings. The van der Waals surface area contributed by atoms with Crippen LogP contribution in [0.4, 0.5) is 34.1 Å². The van der Waals surface area contributed by atoms with Gasteiger partial charge in [0.05, 0.1) is 33.8 Å². The van der Waals surface area contributed by atoms with E-state index in [2.05, 4.69) is 255 Å². The summed E-state index contributed by atoms with van der Waals surface area (Å²) in [5.74, 6) is 0. The molecule has 0 bridgehead atoms. The molecule has 3 heterocycles. The van der Waals surface area contributed by atoms with Crippen molar-refractivity contribution in [2.45, 2.75) is 45.4 Å². The highest BCUT2D eigenvalue weighted by Crippen LogP contribution is 2.54. The predicted octanol–water partition coefficient (Wildman–Crippen LogP) is 16.6. The normalized spacial score (nSPS) is 14.5. The fourth-order valence-electron chi connectivity index (χ4n) is 11.0. The Morgan fingerprint density at radius 1 is 0.328 bits per heavy atom. The Morgan fingerprint density at radius 2 is 0.766 bits per heavy atom. The highest BCUT2D eigenvalue weighted by Gasteiger charge is 2.38. The van der Waals surface area contributed by atoms with Crippen LogP contribution >= 0.6 is 0 Å². The summed E-state index contributed by atoms with van der Waals surface area (Å²) in [5, 5.41) is 2.47. The Bertz CT molecular complexity index is 3410. The second-order valence-electron chi connectivity index (χ2n) is 18.7. The molecular weight excluding hydrogens is 775 g/mol. The van der Waals surface area contributed by atoms with Gasteiger partial charge in [-0.05, 0) is 142 Å². The van der Waals surface area contributed by atoms with Crippen molar-refractivity contribution in [3.63, 3.8) is 0 Å². The van der Waals surface area contributed by atoms with E-state index in [1.807, 2.05) is 0 Å². The van der Waals surface area contributed by atoms with Crippen molar-refractivity contribution in [3.8, 4) is 27.9 Å². The first-order valence-electron chi connectivity index (χ1n) is 22.5. The molecule has 0 radical (unpaired) electrons. The number of hydrogen-bond acceptors (Lipinski definition) is 2. The molecule has 2 aliphatic rings. The molecule has 9 aromatic carbocycles. The SMILES string of the molecule is Cc1ccc(N2c3ccccc3C(C)(C)c3ccccc32)cc1-c1ccc2c(c1)c1cc(-c3ccc4c(c3)N(c3ccccc3)c3ccccc3C4(C)C)ccc1n2-c1ccccc1. The summed E-state index contributed by atoms with van der Waals surface area (Å²) < 4.78 is 2.42. The molecule has 2 aliphatic heterocycles. The van der Waals surface area contributed by atoms with Crippen LogP contribution in [0.15, 0.2) is 206 Å². The highest BCUT2D eigenvalue weighted by atomic mass is 15.2. The van der Waals surface area contributed by atoms with E-state index in [0.29, 0.717) is 0 Å². The average molecular weight is 824 g/mol. The summed E-state index contributed by atoms with van der Waals surface area (Å²) in [5.41, 5.74) is 21.9. The van der Waals surface area contributed by atoms with Gasteiger partial charge in [0.15, 0.2) is 0 Å². The molecule has 0 N–H and O–H groups in total. The standard InChI is InChI=1S/C61H49N3/c1-40-28-32-46(64-57-26-16-13-23-51(57)60(2,3)52-24-14-17-27-58(52)64)39-47(40)43-31-35-55-49(37-43)48-36-41(30-34-54(48)62(55)44-18-8-6-9-19-44)42-29-33-53-59(38-42)63(45-20-10-7-11-21-45)56-25-15-12-22-50(56)61(53,4)5/h6-39H,1-5H3.